The standard InChI is InChI=1S/C30H52O2Si/c1-25-20-18-16-14-12-10-8-9-11-13-15-17-19-21-27-23-28(31-24-25)26(2)22-29(27)32-33(6,7)30(3,4)5/h22-23H,1,8-21,24H2,2-7H3. The second kappa shape index (κ2) is 13.6. The van der Waals surface area contributed by atoms with Crippen molar-refractivity contribution in [2.75, 3.05) is 6.61 Å². The van der Waals surface area contributed by atoms with Gasteiger partial charge in [-0.15, -0.1) is 0 Å². The SMILES string of the molecule is C=C1CCCCCCCCCCCCCCc2cc(c(C)cc2O[Si](C)(C)C(C)(C)C)OC1. The molecule has 0 aromatic heterocycles. The van der Waals surface area contributed by atoms with E-state index < -0.39 is 8.32 Å². The monoisotopic (exact) mass is 472 g/mol. The van der Waals surface area contributed by atoms with Gasteiger partial charge in [0, 0.05) is 0 Å². The van der Waals surface area contributed by atoms with Crippen molar-refractivity contribution in [1.82, 2.24) is 0 Å². The minimum atomic E-state index is -1.89. The highest BCUT2D eigenvalue weighted by atomic mass is 28.4. The van der Waals surface area contributed by atoms with Gasteiger partial charge in [0.25, 0.3) is 0 Å². The topological polar surface area (TPSA) is 18.5 Å². The second-order valence-electron chi connectivity index (χ2n) is 11.9. The summed E-state index contributed by atoms with van der Waals surface area (Å²) < 4.78 is 13.1. The summed E-state index contributed by atoms with van der Waals surface area (Å²) in [6.07, 6.45) is 18.4. The van der Waals surface area contributed by atoms with Gasteiger partial charge in [0.2, 0.25) is 8.32 Å². The zero-order valence-electron chi connectivity index (χ0n) is 22.8. The Balaban J connectivity index is 2.16. The first-order valence-corrected chi connectivity index (χ1v) is 16.6. The third-order valence-corrected chi connectivity index (χ3v) is 12.0. The van der Waals surface area contributed by atoms with E-state index in [9.17, 15) is 0 Å². The van der Waals surface area contributed by atoms with Gasteiger partial charge in [-0.2, -0.15) is 0 Å². The van der Waals surface area contributed by atoms with Crippen LogP contribution in [0.25, 0.3) is 0 Å². The lowest BCUT2D eigenvalue weighted by molar-refractivity contribution is 0.343. The Labute approximate surface area is 206 Å². The van der Waals surface area contributed by atoms with Gasteiger partial charge in [0.05, 0.1) is 0 Å². The minimum Gasteiger partial charge on any atom is -0.543 e. The smallest absolute Gasteiger partial charge is 0.250 e. The Morgan fingerprint density at radius 3 is 1.79 bits per heavy atom. The largest absolute Gasteiger partial charge is 0.543 e. The summed E-state index contributed by atoms with van der Waals surface area (Å²) in [4.78, 5) is 0. The molecule has 0 aliphatic carbocycles. The lowest BCUT2D eigenvalue weighted by Gasteiger charge is -2.37. The number of benzene rings is 1. The molecule has 0 fully saturated rings. The van der Waals surface area contributed by atoms with Gasteiger partial charge >= 0.3 is 0 Å². The molecule has 0 atom stereocenters. The van der Waals surface area contributed by atoms with Crippen LogP contribution < -0.4 is 9.16 Å². The summed E-state index contributed by atoms with van der Waals surface area (Å²) in [6, 6.07) is 4.50. The highest BCUT2D eigenvalue weighted by Gasteiger charge is 2.39. The quantitative estimate of drug-likeness (QED) is 0.315. The summed E-state index contributed by atoms with van der Waals surface area (Å²) >= 11 is 0. The van der Waals surface area contributed by atoms with E-state index in [1.807, 2.05) is 0 Å². The van der Waals surface area contributed by atoms with Crippen molar-refractivity contribution in [1.29, 1.82) is 0 Å². The Morgan fingerprint density at radius 2 is 1.27 bits per heavy atom. The summed E-state index contributed by atoms with van der Waals surface area (Å²) in [6.45, 7) is 18.7. The maximum Gasteiger partial charge on any atom is 0.250 e. The summed E-state index contributed by atoms with van der Waals surface area (Å²) in [7, 11) is -1.89. The zero-order chi connectivity index (χ0) is 24.3. The van der Waals surface area contributed by atoms with E-state index in [2.05, 4.69) is 59.5 Å². The fourth-order valence-electron chi connectivity index (χ4n) is 4.29. The van der Waals surface area contributed by atoms with Gasteiger partial charge < -0.3 is 9.16 Å². The minimum absolute atomic E-state index is 0.188. The van der Waals surface area contributed by atoms with Crippen LogP contribution in [0.3, 0.4) is 0 Å². The van der Waals surface area contributed by atoms with Crippen LogP contribution >= 0.6 is 0 Å². The van der Waals surface area contributed by atoms with Crippen molar-refractivity contribution in [2.24, 2.45) is 0 Å². The molecule has 33 heavy (non-hydrogen) atoms. The first kappa shape index (κ1) is 28.0. The summed E-state index contributed by atoms with van der Waals surface area (Å²) in [5.41, 5.74) is 3.70. The highest BCUT2D eigenvalue weighted by molar-refractivity contribution is 6.74. The molecule has 2 rings (SSSR count). The first-order valence-electron chi connectivity index (χ1n) is 13.7. The number of rotatable bonds is 2. The number of hydrogen-bond acceptors (Lipinski definition) is 2. The first-order chi connectivity index (χ1) is 15.6. The van der Waals surface area contributed by atoms with E-state index >= 15 is 0 Å². The van der Waals surface area contributed by atoms with E-state index in [4.69, 9.17) is 9.16 Å². The van der Waals surface area contributed by atoms with E-state index in [1.165, 1.54) is 93.7 Å². The number of fused-ring (bicyclic) bond motifs is 2. The van der Waals surface area contributed by atoms with Crippen molar-refractivity contribution in [3.05, 3.63) is 35.4 Å². The lowest BCUT2D eigenvalue weighted by Crippen LogP contribution is -2.44. The summed E-state index contributed by atoms with van der Waals surface area (Å²) in [5.74, 6) is 2.09. The Hall–Kier alpha value is -1.22. The molecule has 1 heterocycles. The molecule has 0 spiro atoms. The maximum atomic E-state index is 6.81. The van der Waals surface area contributed by atoms with Crippen molar-refractivity contribution in [3.8, 4) is 11.5 Å². The molecule has 1 aliphatic heterocycles. The molecule has 188 valence electrons. The van der Waals surface area contributed by atoms with Crippen LogP contribution in [0.4, 0.5) is 0 Å². The molecule has 1 aromatic carbocycles. The zero-order valence-corrected chi connectivity index (χ0v) is 23.8. The molecule has 0 amide bonds. The molecule has 1 aromatic rings. The Morgan fingerprint density at radius 1 is 0.788 bits per heavy atom. The van der Waals surface area contributed by atoms with Crippen molar-refractivity contribution < 1.29 is 9.16 Å². The molecule has 1 aliphatic rings. The van der Waals surface area contributed by atoms with E-state index in [-0.39, 0.29) is 5.04 Å². The third kappa shape index (κ3) is 9.89. The van der Waals surface area contributed by atoms with Crippen molar-refractivity contribution in [2.45, 2.75) is 136 Å². The molecule has 0 saturated heterocycles. The van der Waals surface area contributed by atoms with Crippen LogP contribution in [0.2, 0.25) is 18.1 Å². The average molecular weight is 473 g/mol. The second-order valence-corrected chi connectivity index (χ2v) is 16.6. The van der Waals surface area contributed by atoms with E-state index in [0.717, 1.165) is 24.3 Å². The fourth-order valence-corrected chi connectivity index (χ4v) is 5.33. The van der Waals surface area contributed by atoms with Crippen molar-refractivity contribution in [3.63, 3.8) is 0 Å². The number of hydrogen-bond donors (Lipinski definition) is 0. The Bertz CT molecular complexity index is 730. The van der Waals surface area contributed by atoms with Crippen LogP contribution in [0, 0.1) is 6.92 Å². The van der Waals surface area contributed by atoms with Gasteiger partial charge in [-0.25, -0.2) is 0 Å². The molecule has 0 N–H and O–H groups in total. The number of aryl methyl sites for hydroxylation is 2. The van der Waals surface area contributed by atoms with Crippen molar-refractivity contribution >= 4 is 8.32 Å². The van der Waals surface area contributed by atoms with Gasteiger partial charge in [-0.1, -0.05) is 91.6 Å². The molecule has 2 nitrogen and oxygen atoms in total. The van der Waals surface area contributed by atoms with Crippen LogP contribution in [0.1, 0.15) is 115 Å². The van der Waals surface area contributed by atoms with Crippen LogP contribution in [-0.4, -0.2) is 14.9 Å². The van der Waals surface area contributed by atoms with Crippen LogP contribution in [0.5, 0.6) is 11.5 Å². The fraction of sp³-hybridized carbons (Fsp3) is 0.733. The van der Waals surface area contributed by atoms with Gasteiger partial charge in [-0.05, 0) is 79.6 Å². The third-order valence-electron chi connectivity index (χ3n) is 7.69. The van der Waals surface area contributed by atoms with E-state index in [0.29, 0.717) is 6.61 Å². The van der Waals surface area contributed by atoms with Gasteiger partial charge in [-0.3, -0.25) is 0 Å². The molecule has 0 saturated carbocycles. The summed E-state index contributed by atoms with van der Waals surface area (Å²) in [5, 5.41) is 0.188. The molecule has 2 bridgehead atoms. The average Bonchev–Trinajstić information content (AvgIpc) is 2.72. The lowest BCUT2D eigenvalue weighted by atomic mass is 10.0. The maximum absolute atomic E-state index is 6.81. The predicted molar refractivity (Wildman–Crippen MR) is 147 cm³/mol. The van der Waals surface area contributed by atoms with Crippen LogP contribution in [-0.2, 0) is 6.42 Å². The normalized spacial score (nSPS) is 18.9. The van der Waals surface area contributed by atoms with Gasteiger partial charge in [0.15, 0.2) is 0 Å². The van der Waals surface area contributed by atoms with Crippen LogP contribution in [0.15, 0.2) is 24.3 Å². The Kier molecular flexibility index (Phi) is 11.6. The molecule has 0 radical (unpaired) electrons. The molecular formula is C30H52O2Si. The molecule has 0 unspecified atom stereocenters. The molecular weight excluding hydrogens is 420 g/mol. The molecule has 3 heteroatoms. The highest BCUT2D eigenvalue weighted by Crippen LogP contribution is 2.40. The van der Waals surface area contributed by atoms with Gasteiger partial charge in [0.1, 0.15) is 18.1 Å². The van der Waals surface area contributed by atoms with E-state index in [1.54, 1.807) is 0 Å². The predicted octanol–water partition coefficient (Wildman–Crippen LogP) is 9.94. The number of ether oxygens (including phenoxy) is 1.